The van der Waals surface area contributed by atoms with Crippen molar-refractivity contribution in [3.05, 3.63) is 11.8 Å². The molecule has 0 aliphatic carbocycles. The molecule has 0 spiro atoms. The number of hydrogen-bond donors (Lipinski definition) is 2. The van der Waals surface area contributed by atoms with Gasteiger partial charge in [-0.25, -0.2) is 4.98 Å². The fraction of sp³-hybridized carbons (Fsp3) is 0.636. The first kappa shape index (κ1) is 11.1. The number of hydrogen-bond acceptors (Lipinski definition) is 5. The van der Waals surface area contributed by atoms with Gasteiger partial charge in [-0.2, -0.15) is 4.98 Å². The summed E-state index contributed by atoms with van der Waals surface area (Å²) >= 11 is 0. The fourth-order valence-corrected chi connectivity index (χ4v) is 2.12. The Labute approximate surface area is 96.1 Å². The van der Waals surface area contributed by atoms with Crippen molar-refractivity contribution < 1.29 is 0 Å². The fourth-order valence-electron chi connectivity index (χ4n) is 2.12. The summed E-state index contributed by atoms with van der Waals surface area (Å²) in [5.41, 5.74) is 6.50. The van der Waals surface area contributed by atoms with E-state index < -0.39 is 0 Å². The van der Waals surface area contributed by atoms with Crippen molar-refractivity contribution in [2.24, 2.45) is 5.92 Å². The molecule has 1 aromatic rings. The molecule has 1 fully saturated rings. The van der Waals surface area contributed by atoms with Crippen molar-refractivity contribution in [3.8, 4) is 0 Å². The average molecular weight is 221 g/mol. The van der Waals surface area contributed by atoms with Gasteiger partial charge in [-0.1, -0.05) is 0 Å². The van der Waals surface area contributed by atoms with Gasteiger partial charge in [-0.15, -0.1) is 0 Å². The molecule has 0 radical (unpaired) electrons. The van der Waals surface area contributed by atoms with E-state index in [1.54, 1.807) is 0 Å². The zero-order valence-corrected chi connectivity index (χ0v) is 9.90. The largest absolute Gasteiger partial charge is 0.370 e. The molecule has 3 N–H and O–H groups in total. The van der Waals surface area contributed by atoms with Crippen molar-refractivity contribution >= 4 is 11.8 Å². The molecule has 2 heterocycles. The van der Waals surface area contributed by atoms with Gasteiger partial charge in [0, 0.05) is 24.8 Å². The summed E-state index contributed by atoms with van der Waals surface area (Å²) < 4.78 is 0. The van der Waals surface area contributed by atoms with Crippen LogP contribution in [0.25, 0.3) is 0 Å². The first-order valence-electron chi connectivity index (χ1n) is 5.67. The maximum absolute atomic E-state index is 5.59. The van der Waals surface area contributed by atoms with Crippen LogP contribution in [0, 0.1) is 12.8 Å². The number of nitrogens with one attached hydrogen (secondary N) is 1. The second-order valence-corrected chi connectivity index (χ2v) is 4.55. The third kappa shape index (κ3) is 2.82. The number of nitrogens with zero attached hydrogens (tertiary/aromatic N) is 3. The van der Waals surface area contributed by atoms with Crippen LogP contribution in [-0.4, -0.2) is 41.5 Å². The maximum Gasteiger partial charge on any atom is 0.222 e. The lowest BCUT2D eigenvalue weighted by molar-refractivity contribution is 0.399. The average Bonchev–Trinajstić information content (AvgIpc) is 2.60. The molecule has 2 rings (SSSR count). The summed E-state index contributed by atoms with van der Waals surface area (Å²) in [6.45, 7) is 5.23. The standard InChI is InChI=1S/C11H19N5/c1-8-5-10(15-11(12)14-8)13-6-9-3-4-16(2)7-9/h5,9H,3-4,6-7H2,1-2H3,(H3,12,13,14,15). The van der Waals surface area contributed by atoms with Crippen molar-refractivity contribution in [2.45, 2.75) is 13.3 Å². The number of anilines is 2. The predicted octanol–water partition coefficient (Wildman–Crippen LogP) is 0.731. The summed E-state index contributed by atoms with van der Waals surface area (Å²) in [6.07, 6.45) is 1.25. The van der Waals surface area contributed by atoms with Crippen LogP contribution in [0.15, 0.2) is 6.07 Å². The minimum Gasteiger partial charge on any atom is -0.370 e. The van der Waals surface area contributed by atoms with Crippen LogP contribution >= 0.6 is 0 Å². The number of rotatable bonds is 3. The molecule has 88 valence electrons. The first-order chi connectivity index (χ1) is 7.63. The number of nitrogen functional groups attached to an aromatic ring is 1. The maximum atomic E-state index is 5.59. The molecule has 1 atom stereocenters. The quantitative estimate of drug-likeness (QED) is 0.787. The van der Waals surface area contributed by atoms with E-state index >= 15 is 0 Å². The van der Waals surface area contributed by atoms with Gasteiger partial charge in [0.05, 0.1) is 0 Å². The molecule has 0 aromatic carbocycles. The highest BCUT2D eigenvalue weighted by Crippen LogP contribution is 2.15. The second-order valence-electron chi connectivity index (χ2n) is 4.55. The highest BCUT2D eigenvalue weighted by Gasteiger charge is 2.18. The van der Waals surface area contributed by atoms with Gasteiger partial charge in [0.2, 0.25) is 5.95 Å². The van der Waals surface area contributed by atoms with Crippen LogP contribution in [-0.2, 0) is 0 Å². The summed E-state index contributed by atoms with van der Waals surface area (Å²) in [6, 6.07) is 1.93. The minimum absolute atomic E-state index is 0.339. The van der Waals surface area contributed by atoms with Gasteiger partial charge in [0.15, 0.2) is 0 Å². The van der Waals surface area contributed by atoms with Gasteiger partial charge in [0.25, 0.3) is 0 Å². The Bertz CT molecular complexity index is 345. The summed E-state index contributed by atoms with van der Waals surface area (Å²) in [5.74, 6) is 1.88. The Morgan fingerprint density at radius 3 is 3.00 bits per heavy atom. The van der Waals surface area contributed by atoms with E-state index in [4.69, 9.17) is 5.73 Å². The molecule has 1 aliphatic rings. The lowest BCUT2D eigenvalue weighted by atomic mass is 10.1. The molecular formula is C11H19N5. The van der Waals surface area contributed by atoms with E-state index in [1.807, 2.05) is 13.0 Å². The Morgan fingerprint density at radius 1 is 1.56 bits per heavy atom. The van der Waals surface area contributed by atoms with Crippen LogP contribution in [0.5, 0.6) is 0 Å². The monoisotopic (exact) mass is 221 g/mol. The van der Waals surface area contributed by atoms with Gasteiger partial charge in [-0.05, 0) is 32.9 Å². The number of likely N-dealkylation sites (tertiary alicyclic amines) is 1. The number of nitrogens with two attached hydrogens (primary N) is 1. The Kier molecular flexibility index (Phi) is 3.24. The smallest absolute Gasteiger partial charge is 0.222 e. The van der Waals surface area contributed by atoms with E-state index in [0.717, 1.165) is 24.6 Å². The molecule has 0 saturated carbocycles. The van der Waals surface area contributed by atoms with Crippen molar-refractivity contribution in [1.82, 2.24) is 14.9 Å². The van der Waals surface area contributed by atoms with Gasteiger partial charge in [-0.3, -0.25) is 0 Å². The third-order valence-electron chi connectivity index (χ3n) is 2.93. The molecule has 1 aromatic heterocycles. The second kappa shape index (κ2) is 4.65. The van der Waals surface area contributed by atoms with Crippen LogP contribution in [0.4, 0.5) is 11.8 Å². The third-order valence-corrected chi connectivity index (χ3v) is 2.93. The van der Waals surface area contributed by atoms with Crippen LogP contribution < -0.4 is 11.1 Å². The lowest BCUT2D eigenvalue weighted by Gasteiger charge is -2.12. The van der Waals surface area contributed by atoms with Gasteiger partial charge >= 0.3 is 0 Å². The van der Waals surface area contributed by atoms with Gasteiger partial charge in [0.1, 0.15) is 5.82 Å². The topological polar surface area (TPSA) is 67.1 Å². The Balaban J connectivity index is 1.89. The zero-order valence-electron chi connectivity index (χ0n) is 9.90. The SMILES string of the molecule is Cc1cc(NCC2CCN(C)C2)nc(N)n1. The normalized spacial score (nSPS) is 21.2. The van der Waals surface area contributed by atoms with E-state index in [2.05, 4.69) is 27.2 Å². The molecule has 1 aliphatic heterocycles. The minimum atomic E-state index is 0.339. The highest BCUT2D eigenvalue weighted by molar-refractivity contribution is 5.40. The number of aryl methyl sites for hydroxylation is 1. The van der Waals surface area contributed by atoms with E-state index in [1.165, 1.54) is 13.0 Å². The number of aromatic nitrogens is 2. The van der Waals surface area contributed by atoms with Crippen molar-refractivity contribution in [2.75, 3.05) is 37.7 Å². The molecular weight excluding hydrogens is 202 g/mol. The van der Waals surface area contributed by atoms with E-state index in [-0.39, 0.29) is 0 Å². The molecule has 0 amide bonds. The van der Waals surface area contributed by atoms with Crippen LogP contribution in [0.3, 0.4) is 0 Å². The summed E-state index contributed by atoms with van der Waals surface area (Å²) in [5, 5.41) is 3.33. The molecule has 1 saturated heterocycles. The van der Waals surface area contributed by atoms with Gasteiger partial charge < -0.3 is 16.0 Å². The summed E-state index contributed by atoms with van der Waals surface area (Å²) in [4.78, 5) is 10.6. The molecule has 5 heteroatoms. The molecule has 5 nitrogen and oxygen atoms in total. The van der Waals surface area contributed by atoms with Crippen molar-refractivity contribution in [3.63, 3.8) is 0 Å². The Hall–Kier alpha value is -1.36. The van der Waals surface area contributed by atoms with Crippen molar-refractivity contribution in [1.29, 1.82) is 0 Å². The highest BCUT2D eigenvalue weighted by atomic mass is 15.1. The van der Waals surface area contributed by atoms with E-state index in [0.29, 0.717) is 11.9 Å². The molecule has 16 heavy (non-hydrogen) atoms. The van der Waals surface area contributed by atoms with Crippen LogP contribution in [0.1, 0.15) is 12.1 Å². The summed E-state index contributed by atoms with van der Waals surface area (Å²) in [7, 11) is 2.16. The van der Waals surface area contributed by atoms with E-state index in [9.17, 15) is 0 Å². The molecule has 1 unspecified atom stereocenters. The predicted molar refractivity (Wildman–Crippen MR) is 65.3 cm³/mol. The van der Waals surface area contributed by atoms with Crippen LogP contribution in [0.2, 0.25) is 0 Å². The zero-order chi connectivity index (χ0) is 11.5. The lowest BCUT2D eigenvalue weighted by Crippen LogP contribution is -2.19. The first-order valence-corrected chi connectivity index (χ1v) is 5.67. The molecule has 0 bridgehead atoms. The Morgan fingerprint density at radius 2 is 2.38 bits per heavy atom.